The molecular weight excluding hydrogens is 182 g/mol. The van der Waals surface area contributed by atoms with E-state index in [1.807, 2.05) is 13.8 Å². The van der Waals surface area contributed by atoms with Crippen LogP contribution in [0.4, 0.5) is 0 Å². The molecule has 0 saturated heterocycles. The van der Waals surface area contributed by atoms with E-state index in [0.29, 0.717) is 12.5 Å². The Morgan fingerprint density at radius 1 is 1.29 bits per heavy atom. The van der Waals surface area contributed by atoms with Gasteiger partial charge in [0, 0.05) is 19.5 Å². The van der Waals surface area contributed by atoms with Crippen LogP contribution in [0.3, 0.4) is 0 Å². The van der Waals surface area contributed by atoms with Crippen LogP contribution >= 0.6 is 0 Å². The van der Waals surface area contributed by atoms with Gasteiger partial charge in [-0.1, -0.05) is 13.8 Å². The molecule has 0 fully saturated rings. The van der Waals surface area contributed by atoms with Crippen LogP contribution in [-0.4, -0.2) is 30.9 Å². The number of carbonyl (C=O) groups excluding carboxylic acids is 2. The molecule has 0 aromatic carbocycles. The Balaban J connectivity index is 3.58. The number of carbonyl (C=O) groups is 2. The van der Waals surface area contributed by atoms with E-state index in [1.54, 1.807) is 0 Å². The summed E-state index contributed by atoms with van der Waals surface area (Å²) in [7, 11) is 0. The number of hydrogen-bond acceptors (Lipinski definition) is 3. The molecule has 0 rings (SSSR count). The smallest absolute Gasteiger partial charge is 0.239 e. The average molecular weight is 201 g/mol. The molecule has 5 nitrogen and oxygen atoms in total. The van der Waals surface area contributed by atoms with E-state index in [9.17, 15) is 9.59 Å². The van der Waals surface area contributed by atoms with Crippen LogP contribution in [0.25, 0.3) is 0 Å². The average Bonchev–Trinajstić information content (AvgIpc) is 2.10. The summed E-state index contributed by atoms with van der Waals surface area (Å²) >= 11 is 0. The molecule has 2 amide bonds. The molecule has 0 aliphatic rings. The summed E-state index contributed by atoms with van der Waals surface area (Å²) in [6, 6.07) is -0.0451. The highest BCUT2D eigenvalue weighted by Crippen LogP contribution is 1.95. The molecule has 0 aliphatic heterocycles. The third kappa shape index (κ3) is 6.42. The summed E-state index contributed by atoms with van der Waals surface area (Å²) in [5.74, 6) is -0.0966. The fourth-order valence-corrected chi connectivity index (χ4v) is 0.735. The van der Waals surface area contributed by atoms with Gasteiger partial charge >= 0.3 is 0 Å². The predicted octanol–water partition coefficient (Wildman–Crippen LogP) is -0.778. The zero-order valence-electron chi connectivity index (χ0n) is 8.96. The first-order chi connectivity index (χ1) is 6.43. The van der Waals surface area contributed by atoms with Gasteiger partial charge in [0.15, 0.2) is 0 Å². The molecule has 1 unspecified atom stereocenters. The van der Waals surface area contributed by atoms with Crippen LogP contribution in [0.2, 0.25) is 0 Å². The van der Waals surface area contributed by atoms with E-state index in [1.165, 1.54) is 6.92 Å². The molecule has 1 atom stereocenters. The van der Waals surface area contributed by atoms with Crippen molar-refractivity contribution < 1.29 is 9.59 Å². The second-order valence-electron chi connectivity index (χ2n) is 3.62. The number of nitrogens with one attached hydrogen (secondary N) is 2. The van der Waals surface area contributed by atoms with Gasteiger partial charge in [0.05, 0.1) is 6.54 Å². The van der Waals surface area contributed by atoms with Crippen molar-refractivity contribution in [1.29, 1.82) is 0 Å². The molecule has 0 spiro atoms. The molecule has 0 aliphatic carbocycles. The van der Waals surface area contributed by atoms with Crippen molar-refractivity contribution in [3.63, 3.8) is 0 Å². The van der Waals surface area contributed by atoms with E-state index in [2.05, 4.69) is 10.6 Å². The minimum Gasteiger partial charge on any atom is -0.353 e. The normalized spacial score (nSPS) is 12.4. The quantitative estimate of drug-likeness (QED) is 0.545. The number of hydrogen-bond donors (Lipinski definition) is 3. The topological polar surface area (TPSA) is 84.2 Å². The van der Waals surface area contributed by atoms with Crippen LogP contribution in [0.15, 0.2) is 0 Å². The second kappa shape index (κ2) is 6.37. The maximum absolute atomic E-state index is 11.1. The molecule has 0 aromatic rings. The standard InChI is InChI=1S/C9H19N3O2/c1-6(2)8(10)4-12-9(14)5-11-7(3)13/h6,8H,4-5,10H2,1-3H3,(H,11,13)(H,12,14). The van der Waals surface area contributed by atoms with Crippen molar-refractivity contribution in [1.82, 2.24) is 10.6 Å². The zero-order valence-corrected chi connectivity index (χ0v) is 8.96. The highest BCUT2D eigenvalue weighted by molar-refractivity contribution is 5.83. The number of nitrogens with two attached hydrogens (primary N) is 1. The lowest BCUT2D eigenvalue weighted by atomic mass is 10.1. The molecule has 0 aromatic heterocycles. The Morgan fingerprint density at radius 3 is 2.29 bits per heavy atom. The molecule has 0 saturated carbocycles. The predicted molar refractivity (Wildman–Crippen MR) is 54.5 cm³/mol. The van der Waals surface area contributed by atoms with Crippen molar-refractivity contribution in [3.05, 3.63) is 0 Å². The van der Waals surface area contributed by atoms with Gasteiger partial charge in [-0.15, -0.1) is 0 Å². The summed E-state index contributed by atoms with van der Waals surface area (Å²) in [6.07, 6.45) is 0. The second-order valence-corrected chi connectivity index (χ2v) is 3.62. The first-order valence-electron chi connectivity index (χ1n) is 4.70. The molecule has 5 heteroatoms. The molecule has 82 valence electrons. The monoisotopic (exact) mass is 201 g/mol. The van der Waals surface area contributed by atoms with Crippen molar-refractivity contribution in [2.45, 2.75) is 26.8 Å². The van der Waals surface area contributed by atoms with Crippen LogP contribution in [0.5, 0.6) is 0 Å². The van der Waals surface area contributed by atoms with Gasteiger partial charge in [0.1, 0.15) is 0 Å². The Labute approximate surface area is 84.4 Å². The van der Waals surface area contributed by atoms with Crippen LogP contribution < -0.4 is 16.4 Å². The van der Waals surface area contributed by atoms with E-state index >= 15 is 0 Å². The summed E-state index contributed by atoms with van der Waals surface area (Å²) in [4.78, 5) is 21.6. The van der Waals surface area contributed by atoms with Crippen LogP contribution in [0, 0.1) is 5.92 Å². The fraction of sp³-hybridized carbons (Fsp3) is 0.778. The van der Waals surface area contributed by atoms with Gasteiger partial charge in [-0.3, -0.25) is 9.59 Å². The van der Waals surface area contributed by atoms with Gasteiger partial charge in [-0.05, 0) is 5.92 Å². The van der Waals surface area contributed by atoms with E-state index in [4.69, 9.17) is 5.73 Å². The molecule has 0 bridgehead atoms. The maximum atomic E-state index is 11.1. The molecular formula is C9H19N3O2. The van der Waals surface area contributed by atoms with Crippen molar-refractivity contribution in [2.24, 2.45) is 11.7 Å². The van der Waals surface area contributed by atoms with Crippen molar-refractivity contribution >= 4 is 11.8 Å². The molecule has 4 N–H and O–H groups in total. The number of rotatable bonds is 5. The highest BCUT2D eigenvalue weighted by atomic mass is 16.2. The SMILES string of the molecule is CC(=O)NCC(=O)NCC(N)C(C)C. The summed E-state index contributed by atoms with van der Waals surface area (Å²) < 4.78 is 0. The van der Waals surface area contributed by atoms with Gasteiger partial charge in [-0.2, -0.15) is 0 Å². The fourth-order valence-electron chi connectivity index (χ4n) is 0.735. The Hall–Kier alpha value is -1.10. The van der Waals surface area contributed by atoms with Crippen LogP contribution in [-0.2, 0) is 9.59 Å². The van der Waals surface area contributed by atoms with Crippen molar-refractivity contribution in [2.75, 3.05) is 13.1 Å². The van der Waals surface area contributed by atoms with E-state index in [-0.39, 0.29) is 24.4 Å². The minimum atomic E-state index is -0.215. The minimum absolute atomic E-state index is 0.0140. The highest BCUT2D eigenvalue weighted by Gasteiger charge is 2.09. The summed E-state index contributed by atoms with van der Waals surface area (Å²) in [5.41, 5.74) is 5.72. The van der Waals surface area contributed by atoms with E-state index < -0.39 is 0 Å². The largest absolute Gasteiger partial charge is 0.353 e. The van der Waals surface area contributed by atoms with Gasteiger partial charge in [-0.25, -0.2) is 0 Å². The summed E-state index contributed by atoms with van der Waals surface area (Å²) in [5, 5.41) is 5.05. The summed E-state index contributed by atoms with van der Waals surface area (Å²) in [6.45, 7) is 5.80. The Bertz CT molecular complexity index is 204. The van der Waals surface area contributed by atoms with Crippen molar-refractivity contribution in [3.8, 4) is 0 Å². The van der Waals surface area contributed by atoms with Crippen LogP contribution in [0.1, 0.15) is 20.8 Å². The first kappa shape index (κ1) is 12.9. The first-order valence-corrected chi connectivity index (χ1v) is 4.70. The zero-order chi connectivity index (χ0) is 11.1. The number of amides is 2. The van der Waals surface area contributed by atoms with Gasteiger partial charge < -0.3 is 16.4 Å². The maximum Gasteiger partial charge on any atom is 0.239 e. The van der Waals surface area contributed by atoms with Gasteiger partial charge in [0.25, 0.3) is 0 Å². The third-order valence-electron chi connectivity index (χ3n) is 1.89. The van der Waals surface area contributed by atoms with Gasteiger partial charge in [0.2, 0.25) is 11.8 Å². The lowest BCUT2D eigenvalue weighted by molar-refractivity contribution is -0.125. The molecule has 14 heavy (non-hydrogen) atoms. The third-order valence-corrected chi connectivity index (χ3v) is 1.89. The Kier molecular flexibility index (Phi) is 5.87. The molecule has 0 radical (unpaired) electrons. The lowest BCUT2D eigenvalue weighted by Gasteiger charge is -2.16. The van der Waals surface area contributed by atoms with E-state index in [0.717, 1.165) is 0 Å². The Morgan fingerprint density at radius 2 is 1.86 bits per heavy atom. The molecule has 0 heterocycles. The lowest BCUT2D eigenvalue weighted by Crippen LogP contribution is -2.43.